The molecule has 15 heavy (non-hydrogen) atoms. The normalized spacial score (nSPS) is 23.3. The van der Waals surface area contributed by atoms with Gasteiger partial charge >= 0.3 is 0 Å². The van der Waals surface area contributed by atoms with Crippen LogP contribution in [0.5, 0.6) is 0 Å². The average molecular weight is 226 g/mol. The van der Waals surface area contributed by atoms with Gasteiger partial charge in [0.2, 0.25) is 10.0 Å². The lowest BCUT2D eigenvalue weighted by Crippen LogP contribution is -2.47. The van der Waals surface area contributed by atoms with Crippen LogP contribution >= 0.6 is 0 Å². The van der Waals surface area contributed by atoms with Crippen LogP contribution in [0.15, 0.2) is 29.2 Å². The van der Waals surface area contributed by atoms with Gasteiger partial charge in [0.25, 0.3) is 0 Å². The molecule has 0 saturated carbocycles. The van der Waals surface area contributed by atoms with E-state index in [1.807, 2.05) is 19.9 Å². The molecule has 0 bridgehead atoms. The molecule has 0 aromatic heterocycles. The van der Waals surface area contributed by atoms with E-state index < -0.39 is 10.0 Å². The van der Waals surface area contributed by atoms with Crippen molar-refractivity contribution in [2.75, 3.05) is 5.32 Å². The Bertz CT molecular complexity index is 468. The fourth-order valence-electron chi connectivity index (χ4n) is 1.55. The smallest absolute Gasteiger partial charge is 0.244 e. The molecule has 1 atom stereocenters. The van der Waals surface area contributed by atoms with E-state index in [-0.39, 0.29) is 12.1 Å². The van der Waals surface area contributed by atoms with Gasteiger partial charge in [0, 0.05) is 0 Å². The summed E-state index contributed by atoms with van der Waals surface area (Å²) < 4.78 is 26.3. The molecule has 4 nitrogen and oxygen atoms in total. The summed E-state index contributed by atoms with van der Waals surface area (Å²) in [7, 11) is -3.35. The van der Waals surface area contributed by atoms with Crippen LogP contribution in [0.25, 0.3) is 0 Å². The summed E-state index contributed by atoms with van der Waals surface area (Å²) in [4.78, 5) is 0.321. The number of hydrogen-bond acceptors (Lipinski definition) is 3. The van der Waals surface area contributed by atoms with E-state index in [2.05, 4.69) is 10.0 Å². The molecule has 2 rings (SSSR count). The molecule has 0 radical (unpaired) electrons. The second-order valence-corrected chi connectivity index (χ2v) is 5.67. The second-order valence-electron chi connectivity index (χ2n) is 3.98. The summed E-state index contributed by atoms with van der Waals surface area (Å²) in [6, 6.07) is 6.92. The Balaban J connectivity index is 2.49. The molecule has 0 amide bonds. The molecule has 5 heteroatoms. The predicted octanol–water partition coefficient (Wildman–Crippen LogP) is 1.37. The number of para-hydroxylation sites is 1. The minimum Gasteiger partial charge on any atom is -0.368 e. The van der Waals surface area contributed by atoms with E-state index in [4.69, 9.17) is 0 Å². The van der Waals surface area contributed by atoms with E-state index in [9.17, 15) is 8.42 Å². The second kappa shape index (κ2) is 3.50. The summed E-state index contributed by atoms with van der Waals surface area (Å²) in [5.74, 6) is 0.202. The Labute approximate surface area is 89.7 Å². The number of rotatable bonds is 1. The maximum absolute atomic E-state index is 11.8. The van der Waals surface area contributed by atoms with Gasteiger partial charge in [0.05, 0.1) is 11.9 Å². The minimum atomic E-state index is -3.35. The van der Waals surface area contributed by atoms with E-state index in [0.29, 0.717) is 10.6 Å². The number of fused-ring (bicyclic) bond motifs is 1. The molecular weight excluding hydrogens is 212 g/mol. The van der Waals surface area contributed by atoms with Crippen molar-refractivity contribution in [2.45, 2.75) is 24.9 Å². The van der Waals surface area contributed by atoms with Crippen molar-refractivity contribution in [3.05, 3.63) is 24.3 Å². The van der Waals surface area contributed by atoms with E-state index in [1.165, 1.54) is 0 Å². The monoisotopic (exact) mass is 226 g/mol. The topological polar surface area (TPSA) is 58.2 Å². The van der Waals surface area contributed by atoms with Gasteiger partial charge in [-0.05, 0) is 18.1 Å². The van der Waals surface area contributed by atoms with Crippen molar-refractivity contribution in [1.82, 2.24) is 4.72 Å². The molecule has 0 spiro atoms. The maximum Gasteiger partial charge on any atom is 0.244 e. The molecule has 1 aliphatic rings. The van der Waals surface area contributed by atoms with Crippen molar-refractivity contribution in [2.24, 2.45) is 5.92 Å². The number of benzene rings is 1. The van der Waals surface area contributed by atoms with Crippen molar-refractivity contribution in [3.8, 4) is 0 Å². The highest BCUT2D eigenvalue weighted by atomic mass is 32.2. The van der Waals surface area contributed by atoms with Gasteiger partial charge in [0.1, 0.15) is 4.90 Å². The maximum atomic E-state index is 11.8. The standard InChI is InChI=1S/C10H14N2O2S/c1-7(2)10-11-8-5-3-4-6-9(8)15(13,14)12-10/h3-7,10-12H,1-2H3/t10-/m1/s1. The molecular formula is C10H14N2O2S. The number of hydrogen-bond donors (Lipinski definition) is 2. The summed E-state index contributed by atoms with van der Waals surface area (Å²) >= 11 is 0. The summed E-state index contributed by atoms with van der Waals surface area (Å²) in [5, 5.41) is 3.16. The summed E-state index contributed by atoms with van der Waals surface area (Å²) in [6.45, 7) is 3.93. The zero-order valence-electron chi connectivity index (χ0n) is 8.69. The Morgan fingerprint density at radius 2 is 1.93 bits per heavy atom. The largest absolute Gasteiger partial charge is 0.368 e. The van der Waals surface area contributed by atoms with Crippen molar-refractivity contribution in [3.63, 3.8) is 0 Å². The van der Waals surface area contributed by atoms with Crippen LogP contribution in [0, 0.1) is 5.92 Å². The lowest BCUT2D eigenvalue weighted by atomic mass is 10.1. The Morgan fingerprint density at radius 3 is 2.60 bits per heavy atom. The quantitative estimate of drug-likeness (QED) is 0.760. The van der Waals surface area contributed by atoms with E-state index >= 15 is 0 Å². The molecule has 2 N–H and O–H groups in total. The third-order valence-corrected chi connectivity index (χ3v) is 3.94. The molecule has 1 aromatic rings. The zero-order valence-corrected chi connectivity index (χ0v) is 9.51. The highest BCUT2D eigenvalue weighted by Gasteiger charge is 2.29. The lowest BCUT2D eigenvalue weighted by molar-refractivity contribution is 0.477. The molecule has 1 aliphatic heterocycles. The van der Waals surface area contributed by atoms with Gasteiger partial charge in [-0.25, -0.2) is 8.42 Å². The van der Waals surface area contributed by atoms with Crippen molar-refractivity contribution in [1.29, 1.82) is 0 Å². The number of sulfonamides is 1. The fourth-order valence-corrected chi connectivity index (χ4v) is 3.02. The first-order chi connectivity index (χ1) is 7.00. The highest BCUT2D eigenvalue weighted by Crippen LogP contribution is 2.26. The zero-order chi connectivity index (χ0) is 11.1. The van der Waals surface area contributed by atoms with Crippen LogP contribution in [0.3, 0.4) is 0 Å². The van der Waals surface area contributed by atoms with Crippen LogP contribution in [-0.2, 0) is 10.0 Å². The fraction of sp³-hybridized carbons (Fsp3) is 0.400. The van der Waals surface area contributed by atoms with Gasteiger partial charge in [0.15, 0.2) is 0 Å². The van der Waals surface area contributed by atoms with Crippen molar-refractivity contribution >= 4 is 15.7 Å². The van der Waals surface area contributed by atoms with E-state index in [0.717, 1.165) is 0 Å². The Morgan fingerprint density at radius 1 is 1.27 bits per heavy atom. The van der Waals surface area contributed by atoms with Crippen LogP contribution in [0.4, 0.5) is 5.69 Å². The van der Waals surface area contributed by atoms with Gasteiger partial charge in [-0.1, -0.05) is 26.0 Å². The molecule has 0 unspecified atom stereocenters. The minimum absolute atomic E-state index is 0.202. The first-order valence-corrected chi connectivity index (χ1v) is 6.37. The predicted molar refractivity (Wildman–Crippen MR) is 59.0 cm³/mol. The molecule has 0 fully saturated rings. The van der Waals surface area contributed by atoms with Crippen LogP contribution in [0.2, 0.25) is 0 Å². The van der Waals surface area contributed by atoms with Crippen LogP contribution < -0.4 is 10.0 Å². The molecule has 0 saturated heterocycles. The van der Waals surface area contributed by atoms with Gasteiger partial charge in [-0.3, -0.25) is 0 Å². The van der Waals surface area contributed by atoms with E-state index in [1.54, 1.807) is 18.2 Å². The molecule has 0 aliphatic carbocycles. The SMILES string of the molecule is CC(C)[C@@H]1Nc2ccccc2S(=O)(=O)N1. The molecule has 82 valence electrons. The summed E-state index contributed by atoms with van der Waals surface area (Å²) in [5.41, 5.74) is 0.676. The Kier molecular flexibility index (Phi) is 2.44. The van der Waals surface area contributed by atoms with Crippen LogP contribution in [0.1, 0.15) is 13.8 Å². The highest BCUT2D eigenvalue weighted by molar-refractivity contribution is 7.89. The number of anilines is 1. The van der Waals surface area contributed by atoms with Crippen molar-refractivity contribution < 1.29 is 8.42 Å². The first-order valence-electron chi connectivity index (χ1n) is 4.88. The number of nitrogens with one attached hydrogen (secondary N) is 2. The third-order valence-electron chi connectivity index (χ3n) is 2.44. The third kappa shape index (κ3) is 1.85. The average Bonchev–Trinajstić information content (AvgIpc) is 2.16. The summed E-state index contributed by atoms with van der Waals surface area (Å²) in [6.07, 6.45) is -0.232. The first kappa shape index (κ1) is 10.4. The van der Waals surface area contributed by atoms with Gasteiger partial charge < -0.3 is 5.32 Å². The van der Waals surface area contributed by atoms with Gasteiger partial charge in [-0.15, -0.1) is 0 Å². The molecule has 1 heterocycles. The van der Waals surface area contributed by atoms with Crippen LogP contribution in [-0.4, -0.2) is 14.6 Å². The lowest BCUT2D eigenvalue weighted by Gasteiger charge is -2.30. The Hall–Kier alpha value is -1.07. The molecule has 1 aromatic carbocycles. The van der Waals surface area contributed by atoms with Gasteiger partial charge in [-0.2, -0.15) is 4.72 Å².